The van der Waals surface area contributed by atoms with Gasteiger partial charge in [-0.25, -0.2) is 4.79 Å². The number of nitrogens with two attached hydrogens (primary N) is 1. The summed E-state index contributed by atoms with van der Waals surface area (Å²) in [6.07, 6.45) is 0. The van der Waals surface area contributed by atoms with Crippen molar-refractivity contribution in [2.24, 2.45) is 5.73 Å². The monoisotopic (exact) mass is 390 g/mol. The molecule has 3 rings (SSSR count). The van der Waals surface area contributed by atoms with Crippen LogP contribution >= 0.6 is 0 Å². The molecule has 1 amide bonds. The molecular weight excluding hydrogens is 368 g/mol. The van der Waals surface area contributed by atoms with Crippen LogP contribution in [0.4, 0.5) is 0 Å². The molecule has 1 aromatic heterocycles. The molecule has 0 aliphatic carbocycles. The van der Waals surface area contributed by atoms with Crippen molar-refractivity contribution in [1.29, 1.82) is 0 Å². The number of hydrogen-bond acceptors (Lipinski definition) is 4. The van der Waals surface area contributed by atoms with Crippen LogP contribution in [0.25, 0.3) is 5.69 Å². The minimum absolute atomic E-state index is 0.243. The zero-order valence-electron chi connectivity index (χ0n) is 16.6. The van der Waals surface area contributed by atoms with E-state index in [0.717, 1.165) is 22.6 Å². The number of Topliss-reactive ketones (excluding diaryl/α,β-unsaturated/α-hetero) is 1. The lowest BCUT2D eigenvalue weighted by molar-refractivity contribution is 0.0474. The van der Waals surface area contributed by atoms with E-state index < -0.39 is 11.9 Å². The van der Waals surface area contributed by atoms with Crippen LogP contribution in [0.5, 0.6) is 0 Å². The third-order valence-corrected chi connectivity index (χ3v) is 4.76. The van der Waals surface area contributed by atoms with Crippen molar-refractivity contribution in [3.05, 3.63) is 88.2 Å². The van der Waals surface area contributed by atoms with E-state index in [1.807, 2.05) is 49.6 Å². The number of primary amides is 1. The van der Waals surface area contributed by atoms with Crippen LogP contribution in [0.3, 0.4) is 0 Å². The van der Waals surface area contributed by atoms with Crippen molar-refractivity contribution in [3.63, 3.8) is 0 Å². The smallest absolute Gasteiger partial charge is 0.338 e. The summed E-state index contributed by atoms with van der Waals surface area (Å²) in [6, 6.07) is 15.6. The minimum Gasteiger partial charge on any atom is -0.454 e. The number of rotatable bonds is 6. The summed E-state index contributed by atoms with van der Waals surface area (Å²) in [5.41, 5.74) is 10.1. The van der Waals surface area contributed by atoms with Crippen LogP contribution in [0.2, 0.25) is 0 Å². The van der Waals surface area contributed by atoms with Gasteiger partial charge in [0.2, 0.25) is 11.7 Å². The number of carbonyl (C=O) groups excluding carboxylic acids is 3. The zero-order chi connectivity index (χ0) is 21.1. The highest BCUT2D eigenvalue weighted by atomic mass is 16.5. The lowest BCUT2D eigenvalue weighted by atomic mass is 10.1. The van der Waals surface area contributed by atoms with Gasteiger partial charge in [0, 0.05) is 28.2 Å². The molecule has 0 fully saturated rings. The number of carbonyl (C=O) groups is 3. The van der Waals surface area contributed by atoms with E-state index in [9.17, 15) is 14.4 Å². The van der Waals surface area contributed by atoms with Crippen LogP contribution in [0.1, 0.15) is 48.0 Å². The molecule has 0 aliphatic heterocycles. The van der Waals surface area contributed by atoms with E-state index in [4.69, 9.17) is 10.5 Å². The number of hydrogen-bond donors (Lipinski definition) is 1. The predicted molar refractivity (Wildman–Crippen MR) is 110 cm³/mol. The Morgan fingerprint density at radius 1 is 0.897 bits per heavy atom. The fourth-order valence-electron chi connectivity index (χ4n) is 3.20. The number of ether oxygens (including phenoxy) is 1. The first-order chi connectivity index (χ1) is 13.8. The number of aryl methyl sites for hydroxylation is 2. The molecule has 0 unspecified atom stereocenters. The Kier molecular flexibility index (Phi) is 5.64. The van der Waals surface area contributed by atoms with Gasteiger partial charge in [-0.05, 0) is 63.2 Å². The third-order valence-electron chi connectivity index (χ3n) is 4.76. The highest BCUT2D eigenvalue weighted by molar-refractivity contribution is 6.01. The zero-order valence-corrected chi connectivity index (χ0v) is 16.6. The second-order valence-corrected chi connectivity index (χ2v) is 6.90. The summed E-state index contributed by atoms with van der Waals surface area (Å²) < 4.78 is 7.15. The highest BCUT2D eigenvalue weighted by Gasteiger charge is 2.18. The predicted octanol–water partition coefficient (Wildman–Crippen LogP) is 3.54. The van der Waals surface area contributed by atoms with Crippen molar-refractivity contribution in [2.45, 2.75) is 20.8 Å². The number of nitrogens with zero attached hydrogens (tertiary/aromatic N) is 1. The molecule has 29 heavy (non-hydrogen) atoms. The van der Waals surface area contributed by atoms with Crippen LogP contribution < -0.4 is 5.73 Å². The van der Waals surface area contributed by atoms with Gasteiger partial charge in [0.15, 0.2) is 6.61 Å². The second kappa shape index (κ2) is 8.14. The molecule has 0 aliphatic rings. The van der Waals surface area contributed by atoms with Crippen molar-refractivity contribution in [1.82, 2.24) is 4.57 Å². The van der Waals surface area contributed by atoms with Gasteiger partial charge in [-0.3, -0.25) is 9.59 Å². The summed E-state index contributed by atoms with van der Waals surface area (Å²) in [5.74, 6) is -1.50. The maximum atomic E-state index is 12.6. The van der Waals surface area contributed by atoms with Gasteiger partial charge < -0.3 is 15.0 Å². The van der Waals surface area contributed by atoms with E-state index in [-0.39, 0.29) is 18.0 Å². The van der Waals surface area contributed by atoms with E-state index in [1.54, 1.807) is 6.07 Å². The standard InChI is InChI=1S/C23H22N2O4/c1-14-4-10-19(11-5-14)25-15(2)12-20(16(25)3)21(26)13-29-23(28)18-8-6-17(7-9-18)22(24)27/h4-12H,13H2,1-3H3,(H2,24,27). The third kappa shape index (κ3) is 4.27. The van der Waals surface area contributed by atoms with E-state index in [1.165, 1.54) is 24.3 Å². The highest BCUT2D eigenvalue weighted by Crippen LogP contribution is 2.22. The molecule has 2 aromatic carbocycles. The van der Waals surface area contributed by atoms with Gasteiger partial charge in [-0.15, -0.1) is 0 Å². The number of amides is 1. The molecule has 0 saturated heterocycles. The Hall–Kier alpha value is -3.67. The minimum atomic E-state index is -0.637. The van der Waals surface area contributed by atoms with Crippen molar-refractivity contribution in [3.8, 4) is 5.69 Å². The van der Waals surface area contributed by atoms with Crippen molar-refractivity contribution < 1.29 is 19.1 Å². The second-order valence-electron chi connectivity index (χ2n) is 6.90. The van der Waals surface area contributed by atoms with E-state index in [0.29, 0.717) is 11.1 Å². The van der Waals surface area contributed by atoms with Gasteiger partial charge in [-0.2, -0.15) is 0 Å². The van der Waals surface area contributed by atoms with Crippen LogP contribution in [0.15, 0.2) is 54.6 Å². The summed E-state index contributed by atoms with van der Waals surface area (Å²) in [5, 5.41) is 0. The molecule has 0 bridgehead atoms. The Morgan fingerprint density at radius 2 is 1.48 bits per heavy atom. The molecule has 0 saturated carbocycles. The fraction of sp³-hybridized carbons (Fsp3) is 0.174. The molecule has 0 radical (unpaired) electrons. The van der Waals surface area contributed by atoms with E-state index in [2.05, 4.69) is 0 Å². The van der Waals surface area contributed by atoms with Gasteiger partial charge in [0.05, 0.1) is 5.56 Å². The van der Waals surface area contributed by atoms with Crippen molar-refractivity contribution >= 4 is 17.7 Å². The Labute approximate surface area is 168 Å². The lowest BCUT2D eigenvalue weighted by Gasteiger charge is -2.10. The van der Waals surface area contributed by atoms with Gasteiger partial charge in [0.25, 0.3) is 0 Å². The molecule has 6 nitrogen and oxygen atoms in total. The summed E-state index contributed by atoms with van der Waals surface area (Å²) in [4.78, 5) is 35.9. The first kappa shape index (κ1) is 20.1. The largest absolute Gasteiger partial charge is 0.454 e. The quantitative estimate of drug-likeness (QED) is 0.515. The van der Waals surface area contributed by atoms with Crippen molar-refractivity contribution in [2.75, 3.05) is 6.61 Å². The average Bonchev–Trinajstić information content (AvgIpc) is 3.01. The first-order valence-corrected chi connectivity index (χ1v) is 9.14. The molecule has 148 valence electrons. The number of ketones is 1. The van der Waals surface area contributed by atoms with Crippen LogP contribution in [-0.4, -0.2) is 28.8 Å². The maximum absolute atomic E-state index is 12.6. The van der Waals surface area contributed by atoms with E-state index >= 15 is 0 Å². The first-order valence-electron chi connectivity index (χ1n) is 9.14. The van der Waals surface area contributed by atoms with Gasteiger partial charge >= 0.3 is 5.97 Å². The van der Waals surface area contributed by atoms with Crippen LogP contribution in [0, 0.1) is 20.8 Å². The SMILES string of the molecule is Cc1ccc(-n2c(C)cc(C(=O)COC(=O)c3ccc(C(N)=O)cc3)c2C)cc1. The Balaban J connectivity index is 1.72. The molecule has 0 atom stereocenters. The summed E-state index contributed by atoms with van der Waals surface area (Å²) >= 11 is 0. The van der Waals surface area contributed by atoms with Crippen LogP contribution in [-0.2, 0) is 4.74 Å². The number of benzene rings is 2. The Bertz CT molecular complexity index is 1080. The fourth-order valence-corrected chi connectivity index (χ4v) is 3.20. The summed E-state index contributed by atoms with van der Waals surface area (Å²) in [6.45, 7) is 5.44. The molecular formula is C23H22N2O4. The molecule has 2 N–H and O–H groups in total. The average molecular weight is 390 g/mol. The lowest BCUT2D eigenvalue weighted by Crippen LogP contribution is -2.15. The summed E-state index contributed by atoms with van der Waals surface area (Å²) in [7, 11) is 0. The van der Waals surface area contributed by atoms with Gasteiger partial charge in [0.1, 0.15) is 0 Å². The normalized spacial score (nSPS) is 10.6. The number of aromatic nitrogens is 1. The molecule has 1 heterocycles. The molecule has 0 spiro atoms. The topological polar surface area (TPSA) is 91.4 Å². The van der Waals surface area contributed by atoms with Gasteiger partial charge in [-0.1, -0.05) is 17.7 Å². The Morgan fingerprint density at radius 3 is 2.07 bits per heavy atom. The number of esters is 1. The maximum Gasteiger partial charge on any atom is 0.338 e. The molecule has 3 aromatic rings. The molecule has 6 heteroatoms.